The van der Waals surface area contributed by atoms with Gasteiger partial charge in [0.25, 0.3) is 5.91 Å². The van der Waals surface area contributed by atoms with E-state index in [0.717, 1.165) is 13.0 Å². The van der Waals surface area contributed by atoms with Crippen molar-refractivity contribution in [1.82, 2.24) is 9.62 Å². The van der Waals surface area contributed by atoms with Crippen molar-refractivity contribution >= 4 is 15.9 Å². The first kappa shape index (κ1) is 22.2. The molecule has 3 rings (SSSR count). The minimum atomic E-state index is -3.58. The monoisotopic (exact) mass is 424 g/mol. The van der Waals surface area contributed by atoms with Crippen molar-refractivity contribution in [2.24, 2.45) is 0 Å². The highest BCUT2D eigenvalue weighted by molar-refractivity contribution is 7.89. The first-order chi connectivity index (χ1) is 13.9. The van der Waals surface area contributed by atoms with Crippen molar-refractivity contribution in [2.45, 2.75) is 56.6 Å². The Bertz CT molecular complexity index is 766. The Kier molecular flexibility index (Phi) is 7.67. The molecule has 1 aromatic carbocycles. The number of nitrogens with zero attached hydrogens (tertiary/aromatic N) is 1. The normalized spacial score (nSPS) is 24.3. The Morgan fingerprint density at radius 2 is 1.72 bits per heavy atom. The summed E-state index contributed by atoms with van der Waals surface area (Å²) in [6, 6.07) is 6.22. The lowest BCUT2D eigenvalue weighted by molar-refractivity contribution is -0.904. The number of quaternary nitrogens is 1. The van der Waals surface area contributed by atoms with Gasteiger partial charge in [0.05, 0.1) is 36.7 Å². The van der Waals surface area contributed by atoms with Crippen LogP contribution in [-0.4, -0.2) is 70.1 Å². The Balaban J connectivity index is 1.51. The number of sulfonamides is 1. The minimum Gasteiger partial charge on any atom is -0.373 e. The summed E-state index contributed by atoms with van der Waals surface area (Å²) < 4.78 is 32.9. The number of benzene rings is 1. The number of rotatable bonds is 7. The standard InChI is InChI=1S/C21H33N3O4S/c1-17-15-24(16-18(2)28-17)29(26,27)20-9-7-19(8-10-20)21(25)22-11-6-14-23-12-4-3-5-13-23/h7-10,17-18H,3-6,11-16H2,1-2H3,(H,22,25)/p+1/t17-,18-/m0/s1. The molecular formula is C21H34N3O4S+. The molecule has 1 aromatic rings. The Morgan fingerprint density at radius 3 is 2.34 bits per heavy atom. The highest BCUT2D eigenvalue weighted by atomic mass is 32.2. The van der Waals surface area contributed by atoms with Crippen LogP contribution in [0.3, 0.4) is 0 Å². The number of carbonyl (C=O) groups excluding carboxylic acids is 1. The molecule has 1 amide bonds. The third-order valence-electron chi connectivity index (χ3n) is 5.69. The Morgan fingerprint density at radius 1 is 1.10 bits per heavy atom. The van der Waals surface area contributed by atoms with Gasteiger partial charge in [-0.15, -0.1) is 0 Å². The average Bonchev–Trinajstić information content (AvgIpc) is 2.71. The van der Waals surface area contributed by atoms with Crippen molar-refractivity contribution in [1.29, 1.82) is 0 Å². The molecule has 2 atom stereocenters. The summed E-state index contributed by atoms with van der Waals surface area (Å²) >= 11 is 0. The van der Waals surface area contributed by atoms with Crippen LogP contribution in [0.1, 0.15) is 49.9 Å². The largest absolute Gasteiger partial charge is 0.373 e. The quantitative estimate of drug-likeness (QED) is 0.631. The molecule has 2 aliphatic rings. The fraction of sp³-hybridized carbons (Fsp3) is 0.667. The number of likely N-dealkylation sites (tertiary alicyclic amines) is 1. The molecule has 2 N–H and O–H groups in total. The van der Waals surface area contributed by atoms with Crippen LogP contribution in [0.25, 0.3) is 0 Å². The fourth-order valence-corrected chi connectivity index (χ4v) is 5.79. The molecule has 29 heavy (non-hydrogen) atoms. The van der Waals surface area contributed by atoms with Crippen LogP contribution < -0.4 is 10.2 Å². The second-order valence-corrected chi connectivity index (χ2v) is 10.2. The van der Waals surface area contributed by atoms with Crippen molar-refractivity contribution in [3.8, 4) is 0 Å². The molecule has 0 saturated carbocycles. The maximum atomic E-state index is 12.9. The molecule has 7 nitrogen and oxygen atoms in total. The van der Waals surface area contributed by atoms with Crippen molar-refractivity contribution in [2.75, 3.05) is 39.3 Å². The predicted molar refractivity (Wildman–Crippen MR) is 112 cm³/mol. The number of amides is 1. The van der Waals surface area contributed by atoms with Gasteiger partial charge in [0.2, 0.25) is 10.0 Å². The maximum absolute atomic E-state index is 12.9. The summed E-state index contributed by atoms with van der Waals surface area (Å²) in [5.41, 5.74) is 0.484. The zero-order valence-corrected chi connectivity index (χ0v) is 18.3. The van der Waals surface area contributed by atoms with E-state index < -0.39 is 10.0 Å². The lowest BCUT2D eigenvalue weighted by Crippen LogP contribution is -3.12. The minimum absolute atomic E-state index is 0.134. The van der Waals surface area contributed by atoms with E-state index in [4.69, 9.17) is 4.74 Å². The van der Waals surface area contributed by atoms with Crippen molar-refractivity contribution < 1.29 is 22.8 Å². The molecule has 0 unspecified atom stereocenters. The second-order valence-electron chi connectivity index (χ2n) is 8.27. The fourth-order valence-electron chi connectivity index (χ4n) is 4.20. The predicted octanol–water partition coefficient (Wildman–Crippen LogP) is 0.673. The molecular weight excluding hydrogens is 390 g/mol. The highest BCUT2D eigenvalue weighted by Gasteiger charge is 2.32. The molecule has 0 aromatic heterocycles. The van der Waals surface area contributed by atoms with Gasteiger partial charge in [-0.1, -0.05) is 0 Å². The van der Waals surface area contributed by atoms with Crippen LogP contribution in [0.4, 0.5) is 0 Å². The topological polar surface area (TPSA) is 80.2 Å². The summed E-state index contributed by atoms with van der Waals surface area (Å²) in [4.78, 5) is 14.2. The molecule has 2 heterocycles. The maximum Gasteiger partial charge on any atom is 0.251 e. The van der Waals surface area contributed by atoms with E-state index in [2.05, 4.69) is 5.32 Å². The molecule has 0 radical (unpaired) electrons. The number of hydrogen-bond acceptors (Lipinski definition) is 4. The summed E-state index contributed by atoms with van der Waals surface area (Å²) in [5, 5.41) is 2.94. The van der Waals surface area contributed by atoms with Gasteiger partial charge in [-0.25, -0.2) is 8.42 Å². The van der Waals surface area contributed by atoms with E-state index in [-0.39, 0.29) is 23.0 Å². The van der Waals surface area contributed by atoms with E-state index in [0.29, 0.717) is 25.2 Å². The number of carbonyl (C=O) groups is 1. The van der Waals surface area contributed by atoms with E-state index in [9.17, 15) is 13.2 Å². The Hall–Kier alpha value is -1.48. The molecule has 162 valence electrons. The third-order valence-corrected chi connectivity index (χ3v) is 7.54. The number of piperidine rings is 1. The molecule has 0 aliphatic carbocycles. The molecule has 2 aliphatic heterocycles. The molecule has 2 saturated heterocycles. The van der Waals surface area contributed by atoms with E-state index in [1.807, 2.05) is 13.8 Å². The van der Waals surface area contributed by atoms with Crippen LogP contribution in [0.5, 0.6) is 0 Å². The first-order valence-electron chi connectivity index (χ1n) is 10.7. The van der Waals surface area contributed by atoms with Crippen molar-refractivity contribution in [3.63, 3.8) is 0 Å². The van der Waals surface area contributed by atoms with E-state index >= 15 is 0 Å². The van der Waals surface area contributed by atoms with Gasteiger partial charge in [-0.05, 0) is 57.4 Å². The van der Waals surface area contributed by atoms with Gasteiger partial charge in [0.15, 0.2) is 0 Å². The van der Waals surface area contributed by atoms with E-state index in [1.165, 1.54) is 48.8 Å². The van der Waals surface area contributed by atoms with Gasteiger partial charge < -0.3 is 15.0 Å². The summed E-state index contributed by atoms with van der Waals surface area (Å²) in [6.07, 6.45) is 4.64. The number of ether oxygens (including phenoxy) is 1. The highest BCUT2D eigenvalue weighted by Crippen LogP contribution is 2.21. The lowest BCUT2D eigenvalue weighted by Gasteiger charge is -2.34. The van der Waals surface area contributed by atoms with Crippen molar-refractivity contribution in [3.05, 3.63) is 29.8 Å². The van der Waals surface area contributed by atoms with Crippen LogP contribution in [0.15, 0.2) is 29.2 Å². The SMILES string of the molecule is C[C@H]1CN(S(=O)(=O)c2ccc(C(=O)NCCC[NH+]3CCCCC3)cc2)C[C@H](C)O1. The lowest BCUT2D eigenvalue weighted by atomic mass is 10.1. The molecule has 0 spiro atoms. The number of nitrogens with one attached hydrogen (secondary N) is 2. The van der Waals surface area contributed by atoms with Crippen LogP contribution in [-0.2, 0) is 14.8 Å². The first-order valence-corrected chi connectivity index (χ1v) is 12.2. The van der Waals surface area contributed by atoms with Gasteiger partial charge in [0.1, 0.15) is 0 Å². The van der Waals surface area contributed by atoms with Gasteiger partial charge >= 0.3 is 0 Å². The number of morpholine rings is 1. The average molecular weight is 425 g/mol. The summed E-state index contributed by atoms with van der Waals surface area (Å²) in [7, 11) is -3.58. The van der Waals surface area contributed by atoms with Gasteiger partial charge in [-0.2, -0.15) is 4.31 Å². The Labute approximate surface area is 174 Å². The molecule has 8 heteroatoms. The third kappa shape index (κ3) is 6.01. The van der Waals surface area contributed by atoms with Crippen LogP contribution in [0, 0.1) is 0 Å². The zero-order chi connectivity index (χ0) is 20.9. The van der Waals surface area contributed by atoms with Gasteiger partial charge in [0, 0.05) is 31.6 Å². The summed E-state index contributed by atoms with van der Waals surface area (Å²) in [6.45, 7) is 8.65. The van der Waals surface area contributed by atoms with Crippen LogP contribution in [0.2, 0.25) is 0 Å². The van der Waals surface area contributed by atoms with Gasteiger partial charge in [-0.3, -0.25) is 4.79 Å². The molecule has 0 bridgehead atoms. The number of hydrogen-bond donors (Lipinski definition) is 2. The smallest absolute Gasteiger partial charge is 0.251 e. The molecule has 2 fully saturated rings. The second kappa shape index (κ2) is 10.0. The van der Waals surface area contributed by atoms with Crippen LogP contribution >= 0.6 is 0 Å². The van der Waals surface area contributed by atoms with E-state index in [1.54, 1.807) is 17.0 Å². The zero-order valence-electron chi connectivity index (χ0n) is 17.5. The summed E-state index contributed by atoms with van der Waals surface area (Å²) in [5.74, 6) is -0.156.